The topological polar surface area (TPSA) is 67.4 Å². The molecule has 0 aromatic heterocycles. The summed E-state index contributed by atoms with van der Waals surface area (Å²) in [6, 6.07) is 5.23. The van der Waals surface area contributed by atoms with Gasteiger partial charge in [0.15, 0.2) is 0 Å². The van der Waals surface area contributed by atoms with Crippen molar-refractivity contribution in [2.24, 2.45) is 11.8 Å². The van der Waals surface area contributed by atoms with Crippen molar-refractivity contribution in [1.82, 2.24) is 5.32 Å². The van der Waals surface area contributed by atoms with Crippen molar-refractivity contribution in [3.05, 3.63) is 29.3 Å². The van der Waals surface area contributed by atoms with Gasteiger partial charge in [-0.15, -0.1) is 0 Å². The highest BCUT2D eigenvalue weighted by atomic mass is 16.5. The molecule has 5 heteroatoms. The Morgan fingerprint density at radius 3 is 2.83 bits per heavy atom. The van der Waals surface area contributed by atoms with Crippen LogP contribution in [0.4, 0.5) is 5.69 Å². The highest BCUT2D eigenvalue weighted by Gasteiger charge is 2.22. The molecule has 0 saturated carbocycles. The number of aryl methyl sites for hydroxylation is 1. The van der Waals surface area contributed by atoms with Crippen LogP contribution >= 0.6 is 0 Å². The second-order valence-corrected chi connectivity index (χ2v) is 6.36. The summed E-state index contributed by atoms with van der Waals surface area (Å²) in [4.78, 5) is 23.8. The Bertz CT molecular complexity index is 565. The van der Waals surface area contributed by atoms with E-state index in [-0.39, 0.29) is 11.9 Å². The van der Waals surface area contributed by atoms with Crippen molar-refractivity contribution in [1.29, 1.82) is 0 Å². The van der Waals surface area contributed by atoms with Crippen molar-refractivity contribution >= 4 is 17.6 Å². The van der Waals surface area contributed by atoms with Crippen LogP contribution in [0.5, 0.6) is 0 Å². The van der Waals surface area contributed by atoms with E-state index in [2.05, 4.69) is 17.6 Å². The summed E-state index contributed by atoms with van der Waals surface area (Å²) in [6.45, 7) is 6.06. The number of nitrogens with one attached hydrogen (secondary N) is 2. The number of anilines is 1. The van der Waals surface area contributed by atoms with E-state index in [0.717, 1.165) is 18.7 Å². The predicted octanol–water partition coefficient (Wildman–Crippen LogP) is 2.75. The first kappa shape index (κ1) is 17.5. The molecule has 1 aromatic carbocycles. The Hall–Kier alpha value is -1.88. The van der Waals surface area contributed by atoms with Crippen molar-refractivity contribution in [3.8, 4) is 0 Å². The highest BCUT2D eigenvalue weighted by Crippen LogP contribution is 2.23. The number of ether oxygens (including phenoxy) is 1. The van der Waals surface area contributed by atoms with E-state index in [1.165, 1.54) is 20.0 Å². The van der Waals surface area contributed by atoms with Crippen LogP contribution in [-0.2, 0) is 9.53 Å². The van der Waals surface area contributed by atoms with Crippen molar-refractivity contribution < 1.29 is 14.3 Å². The van der Waals surface area contributed by atoms with Crippen LogP contribution in [0.25, 0.3) is 0 Å². The first-order valence-corrected chi connectivity index (χ1v) is 8.20. The minimum atomic E-state index is -0.362. The van der Waals surface area contributed by atoms with Crippen LogP contribution < -0.4 is 10.6 Å². The Balaban J connectivity index is 1.92. The summed E-state index contributed by atoms with van der Waals surface area (Å²) in [5.74, 6) is 0.586. The fraction of sp³-hybridized carbons (Fsp3) is 0.556. The first-order chi connectivity index (χ1) is 11.0. The zero-order chi connectivity index (χ0) is 16.8. The molecule has 0 bridgehead atoms. The molecular formula is C18H26N2O3. The molecule has 2 N–H and O–H groups in total. The van der Waals surface area contributed by atoms with E-state index in [1.54, 1.807) is 18.2 Å². The lowest BCUT2D eigenvalue weighted by Gasteiger charge is -2.28. The number of amides is 1. The number of carbonyl (C=O) groups is 2. The number of methoxy groups -OCH3 is 1. The summed E-state index contributed by atoms with van der Waals surface area (Å²) in [7, 11) is 1.36. The molecule has 23 heavy (non-hydrogen) atoms. The summed E-state index contributed by atoms with van der Waals surface area (Å²) in [5.41, 5.74) is 2.03. The minimum Gasteiger partial charge on any atom is -0.465 e. The van der Waals surface area contributed by atoms with Gasteiger partial charge in [-0.25, -0.2) is 4.79 Å². The van der Waals surface area contributed by atoms with E-state index in [0.29, 0.717) is 29.5 Å². The fourth-order valence-electron chi connectivity index (χ4n) is 3.12. The third-order valence-corrected chi connectivity index (χ3v) is 4.56. The fourth-order valence-corrected chi connectivity index (χ4v) is 3.12. The third-order valence-electron chi connectivity index (χ3n) is 4.56. The number of benzene rings is 1. The Kier molecular flexibility index (Phi) is 6.16. The summed E-state index contributed by atoms with van der Waals surface area (Å²) in [6.07, 6.45) is 2.89. The van der Waals surface area contributed by atoms with Crippen LogP contribution in [-0.4, -0.2) is 32.1 Å². The number of esters is 1. The molecule has 0 radical (unpaired) electrons. The molecule has 5 nitrogen and oxygen atoms in total. The van der Waals surface area contributed by atoms with Gasteiger partial charge < -0.3 is 15.4 Å². The van der Waals surface area contributed by atoms with Crippen LogP contribution in [0, 0.1) is 18.8 Å². The maximum atomic E-state index is 12.2. The van der Waals surface area contributed by atoms with E-state index in [4.69, 9.17) is 4.74 Å². The molecule has 1 aliphatic heterocycles. The molecule has 0 aliphatic carbocycles. The third kappa shape index (κ3) is 4.79. The number of hydrogen-bond acceptors (Lipinski definition) is 4. The summed E-state index contributed by atoms with van der Waals surface area (Å²) in [5, 5.41) is 6.32. The van der Waals surface area contributed by atoms with Gasteiger partial charge in [-0.1, -0.05) is 6.92 Å². The first-order valence-electron chi connectivity index (χ1n) is 8.20. The normalized spacial score (nSPS) is 19.0. The van der Waals surface area contributed by atoms with Crippen molar-refractivity contribution in [2.75, 3.05) is 25.5 Å². The molecule has 2 unspecified atom stereocenters. The maximum absolute atomic E-state index is 12.2. The zero-order valence-corrected chi connectivity index (χ0v) is 14.1. The monoisotopic (exact) mass is 318 g/mol. The van der Waals surface area contributed by atoms with E-state index in [9.17, 15) is 9.59 Å². The zero-order valence-electron chi connectivity index (χ0n) is 14.1. The van der Waals surface area contributed by atoms with E-state index >= 15 is 0 Å². The molecule has 1 aromatic rings. The van der Waals surface area contributed by atoms with Gasteiger partial charge in [-0.05, 0) is 68.5 Å². The van der Waals surface area contributed by atoms with Gasteiger partial charge in [-0.2, -0.15) is 0 Å². The quantitative estimate of drug-likeness (QED) is 0.819. The lowest BCUT2D eigenvalue weighted by atomic mass is 9.85. The Morgan fingerprint density at radius 2 is 2.22 bits per heavy atom. The molecule has 126 valence electrons. The largest absolute Gasteiger partial charge is 0.465 e. The summed E-state index contributed by atoms with van der Waals surface area (Å²) >= 11 is 0. The van der Waals surface area contributed by atoms with E-state index in [1.807, 2.05) is 6.92 Å². The maximum Gasteiger partial charge on any atom is 0.338 e. The molecule has 1 saturated heterocycles. The number of rotatable bonds is 5. The molecule has 0 spiro atoms. The van der Waals surface area contributed by atoms with Gasteiger partial charge in [0, 0.05) is 12.1 Å². The number of carbonyl (C=O) groups excluding carboxylic acids is 2. The van der Waals surface area contributed by atoms with Crippen LogP contribution in [0.15, 0.2) is 18.2 Å². The van der Waals surface area contributed by atoms with E-state index < -0.39 is 0 Å². The van der Waals surface area contributed by atoms with Crippen molar-refractivity contribution in [2.45, 2.75) is 33.1 Å². The lowest BCUT2D eigenvalue weighted by Crippen LogP contribution is -2.34. The second-order valence-electron chi connectivity index (χ2n) is 6.36. The van der Waals surface area contributed by atoms with Gasteiger partial charge >= 0.3 is 5.97 Å². The van der Waals surface area contributed by atoms with Crippen LogP contribution in [0.3, 0.4) is 0 Å². The molecule has 1 aliphatic rings. The molecule has 1 fully saturated rings. The SMILES string of the molecule is COC(=O)c1ccc(NC(=O)CC(C)C2CCCNC2)cc1C. The number of piperidine rings is 1. The molecule has 2 atom stereocenters. The van der Waals surface area contributed by atoms with Gasteiger partial charge in [-0.3, -0.25) is 4.79 Å². The minimum absolute atomic E-state index is 0.0216. The molecule has 1 amide bonds. The Labute approximate surface area is 137 Å². The second kappa shape index (κ2) is 8.11. The van der Waals surface area contributed by atoms with Gasteiger partial charge in [0.2, 0.25) is 5.91 Å². The Morgan fingerprint density at radius 1 is 1.43 bits per heavy atom. The number of hydrogen-bond donors (Lipinski definition) is 2. The van der Waals surface area contributed by atoms with Crippen LogP contribution in [0.2, 0.25) is 0 Å². The highest BCUT2D eigenvalue weighted by molar-refractivity contribution is 5.94. The molecule has 2 rings (SSSR count). The molecule has 1 heterocycles. The average Bonchev–Trinajstić information content (AvgIpc) is 2.55. The van der Waals surface area contributed by atoms with Gasteiger partial charge in [0.05, 0.1) is 12.7 Å². The van der Waals surface area contributed by atoms with Crippen LogP contribution in [0.1, 0.15) is 42.1 Å². The summed E-state index contributed by atoms with van der Waals surface area (Å²) < 4.78 is 4.73. The lowest BCUT2D eigenvalue weighted by molar-refractivity contribution is -0.117. The molecular weight excluding hydrogens is 292 g/mol. The predicted molar refractivity (Wildman–Crippen MR) is 90.5 cm³/mol. The van der Waals surface area contributed by atoms with Crippen molar-refractivity contribution in [3.63, 3.8) is 0 Å². The standard InChI is InChI=1S/C18H26N2O3/c1-12(14-5-4-8-19-11-14)10-17(21)20-15-6-7-16(13(2)9-15)18(22)23-3/h6-7,9,12,14,19H,4-5,8,10-11H2,1-3H3,(H,20,21). The smallest absolute Gasteiger partial charge is 0.338 e. The average molecular weight is 318 g/mol. The van der Waals surface area contributed by atoms with Gasteiger partial charge in [0.1, 0.15) is 0 Å². The van der Waals surface area contributed by atoms with Gasteiger partial charge in [0.25, 0.3) is 0 Å².